The van der Waals surface area contributed by atoms with E-state index in [4.69, 9.17) is 18.6 Å². The van der Waals surface area contributed by atoms with Crippen LogP contribution in [0.2, 0.25) is 0 Å². The lowest BCUT2D eigenvalue weighted by atomic mass is 9.96. The maximum absolute atomic E-state index is 13.0. The number of furan rings is 1. The van der Waals surface area contributed by atoms with Crippen molar-refractivity contribution in [2.24, 2.45) is 5.92 Å². The summed E-state index contributed by atoms with van der Waals surface area (Å²) in [7, 11) is 1.40. The number of allylic oxidation sites excluding steroid dienone is 1. The van der Waals surface area contributed by atoms with Crippen LogP contribution in [-0.2, 0) is 14.3 Å². The summed E-state index contributed by atoms with van der Waals surface area (Å²) in [6.45, 7) is 7.97. The van der Waals surface area contributed by atoms with Crippen molar-refractivity contribution in [1.29, 1.82) is 0 Å². The molecule has 4 rings (SSSR count). The SMILES string of the molecule is CCOc1ccc(-c2coc3cc(OCC)c(/C(C)=C/C(=O)N4CCC(C(=O)OC)CC4)cc23)cc1. The molecule has 0 unspecified atom stereocenters. The highest BCUT2D eigenvalue weighted by molar-refractivity contribution is 6.00. The third-order valence-electron chi connectivity index (χ3n) is 6.56. The number of esters is 1. The van der Waals surface area contributed by atoms with Gasteiger partial charge in [0.05, 0.1) is 32.5 Å². The molecule has 7 nitrogen and oxygen atoms in total. The van der Waals surface area contributed by atoms with Gasteiger partial charge >= 0.3 is 5.97 Å². The van der Waals surface area contributed by atoms with Crippen LogP contribution in [0.15, 0.2) is 53.2 Å². The number of likely N-dealkylation sites (tertiary alicyclic amines) is 1. The molecule has 1 aromatic heterocycles. The second-order valence-corrected chi connectivity index (χ2v) is 8.83. The number of piperidine rings is 1. The Balaban J connectivity index is 1.62. The zero-order valence-electron chi connectivity index (χ0n) is 21.3. The van der Waals surface area contributed by atoms with E-state index < -0.39 is 0 Å². The summed E-state index contributed by atoms with van der Waals surface area (Å²) in [5, 5.41) is 0.941. The second-order valence-electron chi connectivity index (χ2n) is 8.83. The molecule has 2 aromatic carbocycles. The van der Waals surface area contributed by atoms with Crippen molar-refractivity contribution >= 4 is 28.4 Å². The van der Waals surface area contributed by atoms with Crippen molar-refractivity contribution in [3.05, 3.63) is 54.3 Å². The number of rotatable bonds is 8. The van der Waals surface area contributed by atoms with E-state index >= 15 is 0 Å². The van der Waals surface area contributed by atoms with E-state index in [1.54, 1.807) is 17.2 Å². The number of hydrogen-bond donors (Lipinski definition) is 0. The maximum Gasteiger partial charge on any atom is 0.308 e. The van der Waals surface area contributed by atoms with Gasteiger partial charge in [0, 0.05) is 41.7 Å². The largest absolute Gasteiger partial charge is 0.494 e. The molecule has 2 heterocycles. The fourth-order valence-electron chi connectivity index (χ4n) is 4.62. The summed E-state index contributed by atoms with van der Waals surface area (Å²) in [4.78, 5) is 26.6. The zero-order chi connectivity index (χ0) is 25.7. The van der Waals surface area contributed by atoms with Crippen LogP contribution in [0.4, 0.5) is 0 Å². The predicted octanol–water partition coefficient (Wildman–Crippen LogP) is 5.71. The molecule has 7 heteroatoms. The van der Waals surface area contributed by atoms with Crippen LogP contribution in [0.1, 0.15) is 39.2 Å². The molecular weight excluding hydrogens is 458 g/mol. The van der Waals surface area contributed by atoms with Gasteiger partial charge in [0.25, 0.3) is 0 Å². The normalized spacial score (nSPS) is 14.7. The monoisotopic (exact) mass is 491 g/mol. The van der Waals surface area contributed by atoms with E-state index in [0.717, 1.165) is 39.0 Å². The molecule has 1 fully saturated rings. The Bertz CT molecular complexity index is 1250. The minimum atomic E-state index is -0.202. The molecule has 0 saturated carbocycles. The van der Waals surface area contributed by atoms with Crippen LogP contribution in [0.25, 0.3) is 27.7 Å². The van der Waals surface area contributed by atoms with Crippen molar-refractivity contribution in [3.8, 4) is 22.6 Å². The minimum absolute atomic E-state index is 0.0720. The molecule has 190 valence electrons. The summed E-state index contributed by atoms with van der Waals surface area (Å²) in [6.07, 6.45) is 4.62. The van der Waals surface area contributed by atoms with Crippen LogP contribution >= 0.6 is 0 Å². The first-order valence-corrected chi connectivity index (χ1v) is 12.4. The molecule has 3 aromatic rings. The van der Waals surface area contributed by atoms with Crippen molar-refractivity contribution in [2.75, 3.05) is 33.4 Å². The molecule has 1 amide bonds. The van der Waals surface area contributed by atoms with E-state index in [0.29, 0.717) is 44.9 Å². The number of benzene rings is 2. The van der Waals surface area contributed by atoms with Gasteiger partial charge in [0.2, 0.25) is 5.91 Å². The van der Waals surface area contributed by atoms with E-state index in [1.807, 2.05) is 57.2 Å². The number of carbonyl (C=O) groups excluding carboxylic acids is 2. The number of carbonyl (C=O) groups is 2. The lowest BCUT2D eigenvalue weighted by Crippen LogP contribution is -2.39. The van der Waals surface area contributed by atoms with Gasteiger partial charge in [-0.3, -0.25) is 9.59 Å². The smallest absolute Gasteiger partial charge is 0.308 e. The highest BCUT2D eigenvalue weighted by Gasteiger charge is 2.27. The topological polar surface area (TPSA) is 78.2 Å². The number of methoxy groups -OCH3 is 1. The van der Waals surface area contributed by atoms with Gasteiger partial charge in [0.1, 0.15) is 17.1 Å². The molecule has 0 atom stereocenters. The average molecular weight is 492 g/mol. The Kier molecular flexibility index (Phi) is 7.98. The Morgan fingerprint density at radius 3 is 2.39 bits per heavy atom. The molecule has 36 heavy (non-hydrogen) atoms. The van der Waals surface area contributed by atoms with E-state index in [9.17, 15) is 9.59 Å². The molecule has 0 bridgehead atoms. The first kappa shape index (κ1) is 25.4. The number of ether oxygens (including phenoxy) is 3. The lowest BCUT2D eigenvalue weighted by molar-refractivity contribution is -0.148. The van der Waals surface area contributed by atoms with Gasteiger partial charge in [-0.15, -0.1) is 0 Å². The van der Waals surface area contributed by atoms with Crippen molar-refractivity contribution in [1.82, 2.24) is 4.90 Å². The summed E-state index contributed by atoms with van der Waals surface area (Å²) in [5.41, 5.74) is 4.34. The number of amides is 1. The molecule has 1 saturated heterocycles. The average Bonchev–Trinajstić information content (AvgIpc) is 3.31. The second kappa shape index (κ2) is 11.3. The quantitative estimate of drug-likeness (QED) is 0.297. The number of nitrogens with zero attached hydrogens (tertiary/aromatic N) is 1. The van der Waals surface area contributed by atoms with Crippen LogP contribution < -0.4 is 9.47 Å². The minimum Gasteiger partial charge on any atom is -0.494 e. The van der Waals surface area contributed by atoms with Crippen LogP contribution in [0.5, 0.6) is 11.5 Å². The Morgan fingerprint density at radius 2 is 1.75 bits per heavy atom. The molecule has 0 spiro atoms. The first-order valence-electron chi connectivity index (χ1n) is 12.4. The van der Waals surface area contributed by atoms with Crippen LogP contribution in [0, 0.1) is 5.92 Å². The highest BCUT2D eigenvalue weighted by atomic mass is 16.5. The summed E-state index contributed by atoms with van der Waals surface area (Å²) < 4.78 is 22.2. The van der Waals surface area contributed by atoms with Gasteiger partial charge in [-0.25, -0.2) is 0 Å². The number of hydrogen-bond acceptors (Lipinski definition) is 6. The van der Waals surface area contributed by atoms with E-state index in [-0.39, 0.29) is 17.8 Å². The molecule has 1 aliphatic rings. The van der Waals surface area contributed by atoms with Crippen molar-refractivity contribution in [3.63, 3.8) is 0 Å². The predicted molar refractivity (Wildman–Crippen MR) is 139 cm³/mol. The summed E-state index contributed by atoms with van der Waals surface area (Å²) >= 11 is 0. The molecule has 0 N–H and O–H groups in total. The van der Waals surface area contributed by atoms with Crippen molar-refractivity contribution < 1.29 is 28.2 Å². The molecular formula is C29H33NO6. The van der Waals surface area contributed by atoms with Crippen LogP contribution in [-0.4, -0.2) is 50.2 Å². The molecule has 1 aliphatic heterocycles. The van der Waals surface area contributed by atoms with E-state index in [1.165, 1.54) is 7.11 Å². The van der Waals surface area contributed by atoms with Crippen molar-refractivity contribution in [2.45, 2.75) is 33.6 Å². The van der Waals surface area contributed by atoms with Gasteiger partial charge < -0.3 is 23.5 Å². The Hall–Kier alpha value is -3.74. The number of fused-ring (bicyclic) bond motifs is 1. The Labute approximate surface area is 211 Å². The maximum atomic E-state index is 13.0. The summed E-state index contributed by atoms with van der Waals surface area (Å²) in [5.74, 6) is 1.08. The fraction of sp³-hybridized carbons (Fsp3) is 0.379. The zero-order valence-corrected chi connectivity index (χ0v) is 21.3. The third-order valence-corrected chi connectivity index (χ3v) is 6.56. The van der Waals surface area contributed by atoms with Gasteiger partial charge in [-0.2, -0.15) is 0 Å². The Morgan fingerprint density at radius 1 is 1.06 bits per heavy atom. The standard InChI is InChI=1S/C29H33NO6/c1-5-34-22-9-7-20(8-10-22)25-18-36-27-17-26(35-6-2)23(16-24(25)27)19(3)15-28(31)30-13-11-21(12-14-30)29(32)33-4/h7-10,15-18,21H,5-6,11-14H2,1-4H3/b19-15+. The summed E-state index contributed by atoms with van der Waals surface area (Å²) in [6, 6.07) is 11.8. The fourth-order valence-corrected chi connectivity index (χ4v) is 4.62. The molecule has 0 radical (unpaired) electrons. The van der Waals surface area contributed by atoms with E-state index in [2.05, 4.69) is 0 Å². The van der Waals surface area contributed by atoms with Gasteiger partial charge in [-0.1, -0.05) is 12.1 Å². The van der Waals surface area contributed by atoms with Gasteiger partial charge in [0.15, 0.2) is 0 Å². The van der Waals surface area contributed by atoms with Crippen LogP contribution in [0.3, 0.4) is 0 Å². The first-order chi connectivity index (χ1) is 17.4. The lowest BCUT2D eigenvalue weighted by Gasteiger charge is -2.30. The van der Waals surface area contributed by atoms with Gasteiger partial charge in [-0.05, 0) is 62.9 Å². The third kappa shape index (κ3) is 5.40. The molecule has 0 aliphatic carbocycles. The highest BCUT2D eigenvalue weighted by Crippen LogP contribution is 2.38.